The number of hydrogen-bond acceptors (Lipinski definition) is 8. The molecule has 3 atom stereocenters. The molecule has 0 radical (unpaired) electrons. The number of aromatic nitrogens is 4. The number of aromatic amines is 1. The van der Waals surface area contributed by atoms with Crippen molar-refractivity contribution < 1.29 is 23.0 Å². The Morgan fingerprint density at radius 2 is 1.97 bits per heavy atom. The van der Waals surface area contributed by atoms with E-state index in [0.717, 1.165) is 4.90 Å². The zero-order valence-corrected chi connectivity index (χ0v) is 20.1. The van der Waals surface area contributed by atoms with Crippen LogP contribution < -0.4 is 20.5 Å². The fourth-order valence-corrected chi connectivity index (χ4v) is 4.08. The average molecular weight is 509 g/mol. The minimum absolute atomic E-state index is 0.0652. The highest BCUT2D eigenvalue weighted by Gasteiger charge is 2.42. The molecule has 1 aromatic carbocycles. The van der Waals surface area contributed by atoms with Crippen molar-refractivity contribution in [2.45, 2.75) is 39.3 Å². The highest BCUT2D eigenvalue weighted by atomic mass is 35.5. The molecule has 0 spiro atoms. The Balaban J connectivity index is 1.65. The molecule has 2 N–H and O–H groups in total. The molecule has 2 aromatic heterocycles. The third-order valence-electron chi connectivity index (χ3n) is 5.82. The minimum atomic E-state index is -2.66. The summed E-state index contributed by atoms with van der Waals surface area (Å²) in [6.45, 7) is 4.43. The van der Waals surface area contributed by atoms with E-state index in [2.05, 4.69) is 25.3 Å². The van der Waals surface area contributed by atoms with Crippen LogP contribution in [-0.4, -0.2) is 52.2 Å². The summed E-state index contributed by atoms with van der Waals surface area (Å²) in [7, 11) is 1.48. The predicted octanol–water partition coefficient (Wildman–Crippen LogP) is 4.08. The summed E-state index contributed by atoms with van der Waals surface area (Å²) in [5.41, 5.74) is 0.585. The van der Waals surface area contributed by atoms with Gasteiger partial charge in [-0.1, -0.05) is 18.5 Å². The quantitative estimate of drug-likeness (QED) is 0.489. The van der Waals surface area contributed by atoms with Gasteiger partial charge in [0, 0.05) is 22.9 Å². The summed E-state index contributed by atoms with van der Waals surface area (Å²) >= 11 is 6.22. The first-order chi connectivity index (χ1) is 16.6. The van der Waals surface area contributed by atoms with Gasteiger partial charge < -0.3 is 19.8 Å². The fraction of sp³-hybridized carbons (Fsp3) is 0.409. The van der Waals surface area contributed by atoms with Gasteiger partial charge in [0.15, 0.2) is 0 Å². The molecule has 0 unspecified atom stereocenters. The smallest absolute Gasteiger partial charge is 0.417 e. The lowest BCUT2D eigenvalue weighted by atomic mass is 10.0. The van der Waals surface area contributed by atoms with Gasteiger partial charge in [-0.3, -0.25) is 4.79 Å². The SMILES string of the molecule is COc1cc2[nH]c(=O)c([C@H](C)Nc3nc(C)nc(N4C(=O)OC[C@H]4[C@H](C)C(F)F)n3)cc2cc1Cl. The normalized spacial score (nSPS) is 17.5. The van der Waals surface area contributed by atoms with Crippen LogP contribution in [0, 0.1) is 12.8 Å². The van der Waals surface area contributed by atoms with Crippen LogP contribution in [0.1, 0.15) is 31.3 Å². The molecule has 1 saturated heterocycles. The molecule has 1 amide bonds. The van der Waals surface area contributed by atoms with Crippen molar-refractivity contribution in [2.75, 3.05) is 23.9 Å². The van der Waals surface area contributed by atoms with Gasteiger partial charge in [0.1, 0.15) is 18.2 Å². The van der Waals surface area contributed by atoms with E-state index in [4.69, 9.17) is 21.1 Å². The first-order valence-corrected chi connectivity index (χ1v) is 11.1. The standard InChI is InChI=1S/C22H23ClF2N6O4/c1-9(18(24)25)16-8-35-22(33)31(16)21-28-11(3)27-20(30-21)26-10(2)13-5-12-6-14(23)17(34-4)7-15(12)29-19(13)32/h5-7,9-10,16,18H,8H2,1-4H3,(H,29,32)(H,26,27,28,30)/t9-,10-,16-/m0/s1. The zero-order chi connectivity index (χ0) is 25.4. The molecule has 0 saturated carbocycles. The van der Waals surface area contributed by atoms with Crippen molar-refractivity contribution in [3.63, 3.8) is 0 Å². The highest BCUT2D eigenvalue weighted by Crippen LogP contribution is 2.31. The summed E-state index contributed by atoms with van der Waals surface area (Å²) in [5, 5.41) is 4.10. The number of anilines is 2. The average Bonchev–Trinajstić information content (AvgIpc) is 3.18. The number of methoxy groups -OCH3 is 1. The lowest BCUT2D eigenvalue weighted by Crippen LogP contribution is -2.42. The monoisotopic (exact) mass is 508 g/mol. The fourth-order valence-electron chi connectivity index (χ4n) is 3.83. The van der Waals surface area contributed by atoms with E-state index >= 15 is 0 Å². The van der Waals surface area contributed by atoms with E-state index in [1.54, 1.807) is 32.0 Å². The van der Waals surface area contributed by atoms with E-state index in [1.807, 2.05) is 0 Å². The number of pyridine rings is 1. The maximum Gasteiger partial charge on any atom is 0.417 e. The van der Waals surface area contributed by atoms with Crippen LogP contribution >= 0.6 is 11.6 Å². The van der Waals surface area contributed by atoms with Gasteiger partial charge in [0.2, 0.25) is 18.3 Å². The van der Waals surface area contributed by atoms with Gasteiger partial charge in [-0.2, -0.15) is 15.0 Å². The Labute approximate surface area is 203 Å². The minimum Gasteiger partial charge on any atom is -0.495 e. The molecule has 1 fully saturated rings. The molecule has 35 heavy (non-hydrogen) atoms. The third kappa shape index (κ3) is 4.83. The molecule has 3 aromatic rings. The van der Waals surface area contributed by atoms with Crippen LogP contribution in [0.4, 0.5) is 25.5 Å². The topological polar surface area (TPSA) is 122 Å². The van der Waals surface area contributed by atoms with Crippen molar-refractivity contribution in [1.82, 2.24) is 19.9 Å². The van der Waals surface area contributed by atoms with Gasteiger partial charge in [-0.15, -0.1) is 0 Å². The number of nitrogens with zero attached hydrogens (tertiary/aromatic N) is 4. The van der Waals surface area contributed by atoms with E-state index in [9.17, 15) is 18.4 Å². The molecule has 3 heterocycles. The van der Waals surface area contributed by atoms with Crippen LogP contribution in [0.3, 0.4) is 0 Å². The molecule has 1 aliphatic rings. The van der Waals surface area contributed by atoms with E-state index in [1.165, 1.54) is 14.0 Å². The van der Waals surface area contributed by atoms with Gasteiger partial charge in [-0.05, 0) is 26.0 Å². The Bertz CT molecular complexity index is 1340. The van der Waals surface area contributed by atoms with Gasteiger partial charge >= 0.3 is 6.09 Å². The Hall–Kier alpha value is -3.54. The number of hydrogen-bond donors (Lipinski definition) is 2. The zero-order valence-electron chi connectivity index (χ0n) is 19.3. The first-order valence-electron chi connectivity index (χ1n) is 10.7. The molecule has 0 aliphatic carbocycles. The van der Waals surface area contributed by atoms with Gasteiger partial charge in [-0.25, -0.2) is 18.5 Å². The number of nitrogens with one attached hydrogen (secondary N) is 2. The van der Waals surface area contributed by atoms with Crippen molar-refractivity contribution >= 4 is 40.5 Å². The van der Waals surface area contributed by atoms with Crippen molar-refractivity contribution in [3.8, 4) is 5.75 Å². The number of H-pyrrole nitrogens is 1. The van der Waals surface area contributed by atoms with Gasteiger partial charge in [0.25, 0.3) is 5.56 Å². The van der Waals surface area contributed by atoms with Crippen LogP contribution in [-0.2, 0) is 4.74 Å². The molecular formula is C22H23ClF2N6O4. The highest BCUT2D eigenvalue weighted by molar-refractivity contribution is 6.32. The predicted molar refractivity (Wildman–Crippen MR) is 126 cm³/mol. The van der Waals surface area contributed by atoms with E-state index in [-0.39, 0.29) is 29.9 Å². The second-order valence-electron chi connectivity index (χ2n) is 8.21. The first kappa shape index (κ1) is 24.6. The number of amides is 1. The number of carbonyl (C=O) groups excluding carboxylic acids is 1. The maximum absolute atomic E-state index is 13.3. The maximum atomic E-state index is 13.3. The third-order valence-corrected chi connectivity index (χ3v) is 6.11. The van der Waals surface area contributed by atoms with Crippen LogP contribution in [0.2, 0.25) is 5.02 Å². The number of alkyl halides is 2. The molecule has 0 bridgehead atoms. The Morgan fingerprint density at radius 1 is 1.23 bits per heavy atom. The molecule has 10 nitrogen and oxygen atoms in total. The lowest BCUT2D eigenvalue weighted by molar-refractivity contribution is 0.0684. The second kappa shape index (κ2) is 9.61. The molecule has 4 rings (SSSR count). The Morgan fingerprint density at radius 3 is 2.66 bits per heavy atom. The lowest BCUT2D eigenvalue weighted by Gasteiger charge is -2.25. The number of ether oxygens (including phenoxy) is 2. The van der Waals surface area contributed by atoms with Crippen LogP contribution in [0.25, 0.3) is 10.9 Å². The van der Waals surface area contributed by atoms with E-state index in [0.29, 0.717) is 27.2 Å². The number of fused-ring (bicyclic) bond motifs is 1. The van der Waals surface area contributed by atoms with Crippen molar-refractivity contribution in [1.29, 1.82) is 0 Å². The van der Waals surface area contributed by atoms with E-state index < -0.39 is 30.5 Å². The number of aryl methyl sites for hydroxylation is 1. The number of benzene rings is 1. The molecule has 186 valence electrons. The molecule has 13 heteroatoms. The summed E-state index contributed by atoms with van der Waals surface area (Å²) < 4.78 is 36.8. The number of carbonyl (C=O) groups is 1. The molecular weight excluding hydrogens is 486 g/mol. The summed E-state index contributed by atoms with van der Waals surface area (Å²) in [6, 6.07) is 3.49. The van der Waals surface area contributed by atoms with Crippen LogP contribution in [0.15, 0.2) is 23.0 Å². The number of cyclic esters (lactones) is 1. The largest absolute Gasteiger partial charge is 0.495 e. The summed E-state index contributed by atoms with van der Waals surface area (Å²) in [5.74, 6) is -0.523. The number of rotatable bonds is 7. The van der Waals surface area contributed by atoms with Gasteiger partial charge in [0.05, 0.1) is 29.7 Å². The summed E-state index contributed by atoms with van der Waals surface area (Å²) in [4.78, 5) is 41.5. The molecule has 1 aliphatic heterocycles. The van der Waals surface area contributed by atoms with Crippen molar-refractivity contribution in [2.24, 2.45) is 5.92 Å². The van der Waals surface area contributed by atoms with Crippen molar-refractivity contribution in [3.05, 3.63) is 45.0 Å². The van der Waals surface area contributed by atoms with Crippen LogP contribution in [0.5, 0.6) is 5.75 Å². The second-order valence-corrected chi connectivity index (χ2v) is 8.62. The Kier molecular flexibility index (Phi) is 6.75. The number of halogens is 3. The summed E-state index contributed by atoms with van der Waals surface area (Å²) in [6.07, 6.45) is -3.48.